The molecule has 1 atom stereocenters. The van der Waals surface area contributed by atoms with E-state index in [0.717, 1.165) is 37.9 Å². The Morgan fingerprint density at radius 1 is 1.09 bits per heavy atom. The molecule has 1 spiro atoms. The van der Waals surface area contributed by atoms with Crippen molar-refractivity contribution >= 4 is 11.8 Å². The van der Waals surface area contributed by atoms with Gasteiger partial charge in [-0.15, -0.1) is 0 Å². The minimum absolute atomic E-state index is 0.00701. The fourth-order valence-corrected chi connectivity index (χ4v) is 5.10. The molecule has 4 rings (SSSR count). The Kier molecular flexibility index (Phi) is 7.68. The molecule has 2 amide bonds. The molecule has 176 valence electrons. The third kappa shape index (κ3) is 5.09. The minimum Gasteiger partial charge on any atom is -0.491 e. The quantitative estimate of drug-likeness (QED) is 0.702. The summed E-state index contributed by atoms with van der Waals surface area (Å²) in [6, 6.07) is 8.15. The number of nitrogens with zero attached hydrogens (tertiary/aromatic N) is 2. The maximum absolute atomic E-state index is 13.7. The third-order valence-electron chi connectivity index (χ3n) is 6.99. The second-order valence-corrected chi connectivity index (χ2v) is 9.04. The molecule has 0 aromatic heterocycles. The van der Waals surface area contributed by atoms with Gasteiger partial charge in [-0.1, -0.05) is 18.2 Å². The maximum Gasteiger partial charge on any atom is 0.256 e. The van der Waals surface area contributed by atoms with Crippen molar-refractivity contribution in [3.63, 3.8) is 0 Å². The van der Waals surface area contributed by atoms with E-state index in [4.69, 9.17) is 14.2 Å². The molecule has 2 saturated heterocycles. The number of carbonyl (C=O) groups excluding carboxylic acids is 2. The molecule has 3 aliphatic heterocycles. The minimum atomic E-state index is -0.964. The normalized spacial score (nSPS) is 26.1. The number of para-hydroxylation sites is 1. The van der Waals surface area contributed by atoms with Crippen molar-refractivity contribution in [3.8, 4) is 5.75 Å². The van der Waals surface area contributed by atoms with Gasteiger partial charge < -0.3 is 24.0 Å². The number of likely N-dealkylation sites (N-methyl/N-ethyl adjacent to an activating group) is 1. The van der Waals surface area contributed by atoms with Crippen molar-refractivity contribution in [2.75, 3.05) is 52.6 Å². The average molecular weight is 445 g/mol. The maximum atomic E-state index is 13.7. The summed E-state index contributed by atoms with van der Waals surface area (Å²) >= 11 is 0. The van der Waals surface area contributed by atoms with Crippen LogP contribution in [0.2, 0.25) is 0 Å². The van der Waals surface area contributed by atoms with Gasteiger partial charge in [0, 0.05) is 32.2 Å². The van der Waals surface area contributed by atoms with Crippen LogP contribution in [0.25, 0.3) is 0 Å². The van der Waals surface area contributed by atoms with Crippen LogP contribution >= 0.6 is 0 Å². The number of ether oxygens (including phenoxy) is 3. The van der Waals surface area contributed by atoms with Gasteiger partial charge in [-0.2, -0.15) is 0 Å². The standard InChI is InChI=1S/C25H36N2O5/c1-2-26-13-17-31-22-9-4-3-7-20(22)8-5-6-12-25(24(26)29)19-27(14-18-32-25)23(28)21-10-15-30-16-11-21/h3-4,7,9,21H,2,5-6,8,10-19H2,1H3. The fraction of sp³-hybridized carbons (Fsp3) is 0.680. The van der Waals surface area contributed by atoms with Gasteiger partial charge in [0.15, 0.2) is 5.60 Å². The van der Waals surface area contributed by atoms with Gasteiger partial charge in [-0.05, 0) is 57.1 Å². The molecular formula is C25H36N2O5. The first-order valence-electron chi connectivity index (χ1n) is 12.1. The van der Waals surface area contributed by atoms with E-state index in [0.29, 0.717) is 59.0 Å². The molecule has 3 heterocycles. The number of aryl methyl sites for hydroxylation is 1. The van der Waals surface area contributed by atoms with E-state index in [1.807, 2.05) is 34.9 Å². The molecule has 1 aromatic rings. The summed E-state index contributed by atoms with van der Waals surface area (Å²) in [6.45, 7) is 6.08. The van der Waals surface area contributed by atoms with E-state index in [1.165, 1.54) is 5.56 Å². The SMILES string of the molecule is CCN1CCOc2ccccc2CCCCC2(CN(C(=O)C3CCOCC3)CCO2)C1=O. The van der Waals surface area contributed by atoms with Gasteiger partial charge in [-0.25, -0.2) is 0 Å². The number of hydrogen-bond donors (Lipinski definition) is 0. The van der Waals surface area contributed by atoms with Crippen molar-refractivity contribution < 1.29 is 23.8 Å². The van der Waals surface area contributed by atoms with Crippen LogP contribution in [0.4, 0.5) is 0 Å². The lowest BCUT2D eigenvalue weighted by atomic mass is 9.90. The summed E-state index contributed by atoms with van der Waals surface area (Å²) in [4.78, 5) is 30.7. The monoisotopic (exact) mass is 444 g/mol. The van der Waals surface area contributed by atoms with Crippen LogP contribution in [0, 0.1) is 5.92 Å². The summed E-state index contributed by atoms with van der Waals surface area (Å²) in [5.74, 6) is 1.04. The van der Waals surface area contributed by atoms with E-state index in [9.17, 15) is 9.59 Å². The van der Waals surface area contributed by atoms with E-state index >= 15 is 0 Å². The summed E-state index contributed by atoms with van der Waals surface area (Å²) in [6.07, 6.45) is 4.85. The van der Waals surface area contributed by atoms with Gasteiger partial charge in [0.25, 0.3) is 5.91 Å². The van der Waals surface area contributed by atoms with E-state index in [1.54, 1.807) is 0 Å². The number of rotatable bonds is 2. The van der Waals surface area contributed by atoms with E-state index in [-0.39, 0.29) is 17.7 Å². The molecule has 0 saturated carbocycles. The molecule has 0 radical (unpaired) electrons. The molecule has 7 heteroatoms. The lowest BCUT2D eigenvalue weighted by Gasteiger charge is -2.45. The first-order chi connectivity index (χ1) is 15.6. The molecule has 3 aliphatic rings. The second-order valence-electron chi connectivity index (χ2n) is 9.04. The topological polar surface area (TPSA) is 68.3 Å². The van der Waals surface area contributed by atoms with Crippen LogP contribution < -0.4 is 4.74 Å². The highest BCUT2D eigenvalue weighted by Crippen LogP contribution is 2.31. The van der Waals surface area contributed by atoms with Crippen LogP contribution in [0.15, 0.2) is 24.3 Å². The first kappa shape index (κ1) is 23.1. The van der Waals surface area contributed by atoms with Crippen LogP contribution in [-0.4, -0.2) is 79.8 Å². The molecule has 2 fully saturated rings. The van der Waals surface area contributed by atoms with Crippen molar-refractivity contribution in [2.24, 2.45) is 5.92 Å². The van der Waals surface area contributed by atoms with Crippen LogP contribution in [-0.2, 0) is 25.5 Å². The van der Waals surface area contributed by atoms with Gasteiger partial charge in [0.05, 0.1) is 19.7 Å². The number of fused-ring (bicyclic) bond motifs is 1. The van der Waals surface area contributed by atoms with E-state index < -0.39 is 5.60 Å². The second kappa shape index (κ2) is 10.7. The van der Waals surface area contributed by atoms with Gasteiger partial charge in [-0.3, -0.25) is 9.59 Å². The zero-order chi connectivity index (χ0) is 22.4. The smallest absolute Gasteiger partial charge is 0.256 e. The van der Waals surface area contributed by atoms with Gasteiger partial charge in [0.1, 0.15) is 12.4 Å². The molecule has 0 bridgehead atoms. The van der Waals surface area contributed by atoms with Gasteiger partial charge >= 0.3 is 0 Å². The van der Waals surface area contributed by atoms with Crippen LogP contribution in [0.1, 0.15) is 44.6 Å². The highest BCUT2D eigenvalue weighted by Gasteiger charge is 2.47. The lowest BCUT2D eigenvalue weighted by molar-refractivity contribution is -0.178. The highest BCUT2D eigenvalue weighted by atomic mass is 16.5. The Balaban J connectivity index is 1.52. The van der Waals surface area contributed by atoms with Gasteiger partial charge in [0.2, 0.25) is 5.91 Å². The fourth-order valence-electron chi connectivity index (χ4n) is 5.10. The van der Waals surface area contributed by atoms with Crippen molar-refractivity contribution in [2.45, 2.75) is 51.0 Å². The Morgan fingerprint density at radius 2 is 1.91 bits per heavy atom. The number of amides is 2. The molecule has 7 nitrogen and oxygen atoms in total. The Labute approximate surface area is 191 Å². The molecule has 1 unspecified atom stereocenters. The lowest BCUT2D eigenvalue weighted by Crippen LogP contribution is -2.62. The Morgan fingerprint density at radius 3 is 2.72 bits per heavy atom. The van der Waals surface area contributed by atoms with Crippen molar-refractivity contribution in [1.29, 1.82) is 0 Å². The number of carbonyl (C=O) groups is 2. The third-order valence-corrected chi connectivity index (χ3v) is 6.99. The van der Waals surface area contributed by atoms with Crippen LogP contribution in [0.3, 0.4) is 0 Å². The number of hydrogen-bond acceptors (Lipinski definition) is 5. The Hall–Kier alpha value is -2.12. The summed E-state index contributed by atoms with van der Waals surface area (Å²) in [5, 5.41) is 0. The molecule has 1 aromatic carbocycles. The predicted molar refractivity (Wildman–Crippen MR) is 121 cm³/mol. The van der Waals surface area contributed by atoms with E-state index in [2.05, 4.69) is 6.07 Å². The van der Waals surface area contributed by atoms with Crippen LogP contribution in [0.5, 0.6) is 5.75 Å². The first-order valence-corrected chi connectivity index (χ1v) is 12.1. The summed E-state index contributed by atoms with van der Waals surface area (Å²) in [7, 11) is 0. The number of benzene rings is 1. The zero-order valence-electron chi connectivity index (χ0n) is 19.2. The average Bonchev–Trinajstić information content (AvgIpc) is 2.84. The predicted octanol–water partition coefficient (Wildman–Crippen LogP) is 2.66. The molecule has 0 aliphatic carbocycles. The zero-order valence-corrected chi connectivity index (χ0v) is 19.2. The number of morpholine rings is 1. The molecule has 32 heavy (non-hydrogen) atoms. The largest absolute Gasteiger partial charge is 0.491 e. The van der Waals surface area contributed by atoms with Crippen molar-refractivity contribution in [3.05, 3.63) is 29.8 Å². The molecule has 0 N–H and O–H groups in total. The summed E-state index contributed by atoms with van der Waals surface area (Å²) < 4.78 is 17.7. The Bertz CT molecular complexity index is 794. The highest BCUT2D eigenvalue weighted by molar-refractivity contribution is 5.87. The molecular weight excluding hydrogens is 408 g/mol. The summed E-state index contributed by atoms with van der Waals surface area (Å²) in [5.41, 5.74) is 0.241. The van der Waals surface area contributed by atoms with Crippen molar-refractivity contribution in [1.82, 2.24) is 9.80 Å².